The first-order valence-corrected chi connectivity index (χ1v) is 7.41. The summed E-state index contributed by atoms with van der Waals surface area (Å²) in [5.74, 6) is -0.106. The van der Waals surface area contributed by atoms with E-state index in [0.29, 0.717) is 18.1 Å². The highest BCUT2D eigenvalue weighted by atomic mass is 19.1. The molecule has 2 aliphatic rings. The lowest BCUT2D eigenvalue weighted by Gasteiger charge is -2.37. The minimum absolute atomic E-state index is 0.106. The molecule has 0 saturated heterocycles. The molecule has 19 heavy (non-hydrogen) atoms. The fraction of sp³-hybridized carbons (Fsp3) is 0.625. The zero-order valence-electron chi connectivity index (χ0n) is 11.6. The summed E-state index contributed by atoms with van der Waals surface area (Å²) in [5, 5.41) is 0. The van der Waals surface area contributed by atoms with E-state index in [1.807, 2.05) is 6.07 Å². The molecule has 0 radical (unpaired) electrons. The highest BCUT2D eigenvalue weighted by Crippen LogP contribution is 2.38. The Hall–Kier alpha value is -0.930. The van der Waals surface area contributed by atoms with Crippen molar-refractivity contribution in [1.29, 1.82) is 0 Å². The van der Waals surface area contributed by atoms with Gasteiger partial charge in [0.25, 0.3) is 0 Å². The monoisotopic (exact) mass is 262 g/mol. The number of benzene rings is 1. The largest absolute Gasteiger partial charge is 0.328 e. The predicted molar refractivity (Wildman–Crippen MR) is 75.5 cm³/mol. The molecule has 1 aromatic carbocycles. The topological polar surface area (TPSA) is 29.3 Å². The van der Waals surface area contributed by atoms with Gasteiger partial charge in [0, 0.05) is 18.1 Å². The van der Waals surface area contributed by atoms with E-state index in [1.54, 1.807) is 12.1 Å². The fourth-order valence-electron chi connectivity index (χ4n) is 3.75. The summed E-state index contributed by atoms with van der Waals surface area (Å²) in [4.78, 5) is 2.51. The summed E-state index contributed by atoms with van der Waals surface area (Å²) in [6, 6.07) is 6.79. The smallest absolute Gasteiger partial charge is 0.123 e. The zero-order valence-corrected chi connectivity index (χ0v) is 11.6. The van der Waals surface area contributed by atoms with Crippen LogP contribution in [0.1, 0.15) is 49.3 Å². The van der Waals surface area contributed by atoms with Crippen LogP contribution >= 0.6 is 0 Å². The third kappa shape index (κ3) is 2.54. The second-order valence-corrected chi connectivity index (χ2v) is 6.13. The van der Waals surface area contributed by atoms with E-state index in [2.05, 4.69) is 11.9 Å². The van der Waals surface area contributed by atoms with E-state index >= 15 is 0 Å². The lowest BCUT2D eigenvalue weighted by Crippen LogP contribution is -2.40. The van der Waals surface area contributed by atoms with Crippen LogP contribution in [0.5, 0.6) is 0 Å². The number of hydrogen-bond donors (Lipinski definition) is 1. The molecule has 1 unspecified atom stereocenters. The van der Waals surface area contributed by atoms with Gasteiger partial charge in [-0.1, -0.05) is 6.07 Å². The second kappa shape index (κ2) is 5.22. The Morgan fingerprint density at radius 1 is 1.16 bits per heavy atom. The van der Waals surface area contributed by atoms with Crippen LogP contribution in [0.2, 0.25) is 0 Å². The van der Waals surface area contributed by atoms with E-state index in [4.69, 9.17) is 5.73 Å². The maximum absolute atomic E-state index is 13.3. The average Bonchev–Trinajstić information content (AvgIpc) is 2.81. The maximum Gasteiger partial charge on any atom is 0.123 e. The van der Waals surface area contributed by atoms with E-state index in [0.717, 1.165) is 25.7 Å². The van der Waals surface area contributed by atoms with Crippen LogP contribution in [0.4, 0.5) is 4.39 Å². The minimum atomic E-state index is -0.106. The average molecular weight is 262 g/mol. The SMILES string of the molecule is CN(C1CCC(N)CC1)C1CCc2cc(F)ccc21. The van der Waals surface area contributed by atoms with Crippen molar-refractivity contribution in [3.05, 3.63) is 35.1 Å². The molecule has 0 heterocycles. The molecule has 1 aromatic rings. The summed E-state index contributed by atoms with van der Waals surface area (Å²) < 4.78 is 13.3. The van der Waals surface area contributed by atoms with Gasteiger partial charge < -0.3 is 5.73 Å². The van der Waals surface area contributed by atoms with Gasteiger partial charge in [-0.25, -0.2) is 4.39 Å². The number of nitrogens with two attached hydrogens (primary N) is 1. The Labute approximate surface area is 114 Å². The van der Waals surface area contributed by atoms with Gasteiger partial charge in [-0.3, -0.25) is 4.90 Å². The van der Waals surface area contributed by atoms with Crippen LogP contribution < -0.4 is 5.73 Å². The molecule has 2 nitrogen and oxygen atoms in total. The summed E-state index contributed by atoms with van der Waals surface area (Å²) >= 11 is 0. The Morgan fingerprint density at radius 2 is 1.89 bits per heavy atom. The lowest BCUT2D eigenvalue weighted by atomic mass is 9.89. The number of hydrogen-bond acceptors (Lipinski definition) is 2. The van der Waals surface area contributed by atoms with Crippen molar-refractivity contribution in [1.82, 2.24) is 4.90 Å². The quantitative estimate of drug-likeness (QED) is 0.887. The lowest BCUT2D eigenvalue weighted by molar-refractivity contribution is 0.131. The van der Waals surface area contributed by atoms with Crippen LogP contribution in [0, 0.1) is 5.82 Å². The molecule has 2 N–H and O–H groups in total. The molecule has 0 spiro atoms. The van der Waals surface area contributed by atoms with Crippen molar-refractivity contribution < 1.29 is 4.39 Å². The minimum Gasteiger partial charge on any atom is -0.328 e. The molecule has 3 heteroatoms. The predicted octanol–water partition coefficient (Wildman–Crippen LogP) is 3.01. The van der Waals surface area contributed by atoms with Crippen molar-refractivity contribution >= 4 is 0 Å². The maximum atomic E-state index is 13.3. The normalized spacial score (nSPS) is 30.6. The summed E-state index contributed by atoms with van der Waals surface area (Å²) in [7, 11) is 2.23. The molecular formula is C16H23FN2. The van der Waals surface area contributed by atoms with Crippen LogP contribution in [-0.4, -0.2) is 24.0 Å². The van der Waals surface area contributed by atoms with E-state index in [-0.39, 0.29) is 5.82 Å². The van der Waals surface area contributed by atoms with E-state index in [9.17, 15) is 4.39 Å². The van der Waals surface area contributed by atoms with Gasteiger partial charge in [0.2, 0.25) is 0 Å². The van der Waals surface area contributed by atoms with Crippen molar-refractivity contribution in [3.63, 3.8) is 0 Å². The van der Waals surface area contributed by atoms with Gasteiger partial charge in [-0.15, -0.1) is 0 Å². The second-order valence-electron chi connectivity index (χ2n) is 6.13. The van der Waals surface area contributed by atoms with Gasteiger partial charge >= 0.3 is 0 Å². The zero-order chi connectivity index (χ0) is 13.4. The Kier molecular flexibility index (Phi) is 3.59. The molecule has 2 aliphatic carbocycles. The molecule has 0 aromatic heterocycles. The number of rotatable bonds is 2. The first-order chi connectivity index (χ1) is 9.15. The first-order valence-electron chi connectivity index (χ1n) is 7.41. The molecular weight excluding hydrogens is 239 g/mol. The third-order valence-corrected chi connectivity index (χ3v) is 4.96. The van der Waals surface area contributed by atoms with Gasteiger partial charge in [-0.05, 0) is 68.8 Å². The Bertz CT molecular complexity index is 452. The van der Waals surface area contributed by atoms with Crippen molar-refractivity contribution in [2.24, 2.45) is 5.73 Å². The molecule has 0 bridgehead atoms. The number of halogens is 1. The van der Waals surface area contributed by atoms with Crippen LogP contribution in [0.3, 0.4) is 0 Å². The van der Waals surface area contributed by atoms with Crippen molar-refractivity contribution in [2.45, 2.75) is 56.7 Å². The van der Waals surface area contributed by atoms with Crippen LogP contribution in [0.15, 0.2) is 18.2 Å². The van der Waals surface area contributed by atoms with Gasteiger partial charge in [0.15, 0.2) is 0 Å². The van der Waals surface area contributed by atoms with E-state index in [1.165, 1.54) is 24.0 Å². The molecule has 1 atom stereocenters. The van der Waals surface area contributed by atoms with Crippen molar-refractivity contribution in [2.75, 3.05) is 7.05 Å². The summed E-state index contributed by atoms with van der Waals surface area (Å²) in [5.41, 5.74) is 8.51. The molecule has 0 amide bonds. The Morgan fingerprint density at radius 3 is 2.63 bits per heavy atom. The fourth-order valence-corrected chi connectivity index (χ4v) is 3.75. The van der Waals surface area contributed by atoms with Gasteiger partial charge in [-0.2, -0.15) is 0 Å². The highest BCUT2D eigenvalue weighted by Gasteiger charge is 2.31. The Balaban J connectivity index is 1.74. The van der Waals surface area contributed by atoms with Crippen LogP contribution in [0.25, 0.3) is 0 Å². The highest BCUT2D eigenvalue weighted by molar-refractivity contribution is 5.35. The summed E-state index contributed by atoms with van der Waals surface area (Å²) in [6.45, 7) is 0. The molecule has 0 aliphatic heterocycles. The first kappa shape index (κ1) is 13.1. The van der Waals surface area contributed by atoms with E-state index < -0.39 is 0 Å². The molecule has 104 valence electrons. The van der Waals surface area contributed by atoms with Crippen LogP contribution in [-0.2, 0) is 6.42 Å². The number of aryl methyl sites for hydroxylation is 1. The van der Waals surface area contributed by atoms with Gasteiger partial charge in [0.05, 0.1) is 0 Å². The summed E-state index contributed by atoms with van der Waals surface area (Å²) in [6.07, 6.45) is 6.80. The van der Waals surface area contributed by atoms with Gasteiger partial charge in [0.1, 0.15) is 5.82 Å². The molecule has 3 rings (SSSR count). The number of nitrogens with zero attached hydrogens (tertiary/aromatic N) is 1. The third-order valence-electron chi connectivity index (χ3n) is 4.96. The molecule has 1 fully saturated rings. The van der Waals surface area contributed by atoms with Crippen molar-refractivity contribution in [3.8, 4) is 0 Å². The number of fused-ring (bicyclic) bond motifs is 1. The molecule has 1 saturated carbocycles. The standard InChI is InChI=1S/C16H23FN2/c1-19(14-6-4-13(18)5-7-14)16-9-2-11-10-12(17)3-8-15(11)16/h3,8,10,13-14,16H,2,4-7,9,18H2,1H3.